The molecule has 0 saturated carbocycles. The molecule has 7 heteroatoms. The molecule has 2 amide bonds. The Morgan fingerprint density at radius 3 is 2.48 bits per heavy atom. The van der Waals surface area contributed by atoms with Crippen LogP contribution in [0.5, 0.6) is 5.75 Å². The van der Waals surface area contributed by atoms with Gasteiger partial charge in [-0.2, -0.15) is 5.10 Å². The third-order valence-corrected chi connectivity index (χ3v) is 3.92. The Labute approximate surface area is 154 Å². The zero-order chi connectivity index (χ0) is 18.2. The van der Waals surface area contributed by atoms with Crippen molar-refractivity contribution in [3.8, 4) is 5.75 Å². The van der Waals surface area contributed by atoms with E-state index < -0.39 is 0 Å². The molecule has 0 aromatic heterocycles. The van der Waals surface area contributed by atoms with Gasteiger partial charge in [0.05, 0.1) is 10.7 Å². The lowest BCUT2D eigenvalue weighted by atomic mass is 10.2. The highest BCUT2D eigenvalue weighted by Gasteiger charge is 2.06. The van der Waals surface area contributed by atoms with E-state index >= 15 is 0 Å². The second-order valence-corrected chi connectivity index (χ2v) is 6.27. The maximum absolute atomic E-state index is 11.8. The predicted molar refractivity (Wildman–Crippen MR) is 101 cm³/mol. The molecule has 0 saturated heterocycles. The average Bonchev–Trinajstić information content (AvgIpc) is 2.58. The number of nitrogens with one attached hydrogen (secondary N) is 2. The molecule has 0 fully saturated rings. The number of hydrogen-bond acceptors (Lipinski definition) is 4. The lowest BCUT2D eigenvalue weighted by molar-refractivity contribution is -0.124. The number of phenols is 1. The number of amides is 2. The Bertz CT molecular complexity index is 789. The first-order chi connectivity index (χ1) is 11.9. The van der Waals surface area contributed by atoms with Gasteiger partial charge in [-0.25, -0.2) is 5.43 Å². The van der Waals surface area contributed by atoms with Gasteiger partial charge in [-0.05, 0) is 58.7 Å². The average molecular weight is 404 g/mol. The molecule has 0 atom stereocenters. The van der Waals surface area contributed by atoms with Gasteiger partial charge in [0.2, 0.25) is 11.8 Å². The Morgan fingerprint density at radius 2 is 1.80 bits per heavy atom. The van der Waals surface area contributed by atoms with Crippen LogP contribution in [0.1, 0.15) is 24.0 Å². The van der Waals surface area contributed by atoms with E-state index in [2.05, 4.69) is 31.8 Å². The largest absolute Gasteiger partial charge is 0.507 e. The van der Waals surface area contributed by atoms with E-state index in [0.717, 1.165) is 5.56 Å². The molecule has 0 spiro atoms. The van der Waals surface area contributed by atoms with Crippen molar-refractivity contribution in [2.45, 2.75) is 19.8 Å². The highest BCUT2D eigenvalue weighted by Crippen LogP contribution is 2.23. The summed E-state index contributed by atoms with van der Waals surface area (Å²) in [6, 6.07) is 12.3. The van der Waals surface area contributed by atoms with Crippen LogP contribution < -0.4 is 10.7 Å². The summed E-state index contributed by atoms with van der Waals surface area (Å²) < 4.78 is 0.538. The van der Waals surface area contributed by atoms with E-state index in [1.165, 1.54) is 12.3 Å². The monoisotopic (exact) mass is 403 g/mol. The Balaban J connectivity index is 1.74. The van der Waals surface area contributed by atoms with Gasteiger partial charge in [-0.1, -0.05) is 17.7 Å². The summed E-state index contributed by atoms with van der Waals surface area (Å²) in [7, 11) is 0. The summed E-state index contributed by atoms with van der Waals surface area (Å²) in [6.07, 6.45) is 1.56. The number of nitrogens with zero attached hydrogens (tertiary/aromatic N) is 1. The van der Waals surface area contributed by atoms with Crippen LogP contribution in [0, 0.1) is 6.92 Å². The van der Waals surface area contributed by atoms with Crippen molar-refractivity contribution < 1.29 is 14.7 Å². The number of hydrazone groups is 1. The number of phenolic OH excluding ortho intramolecular Hbond substituents is 1. The van der Waals surface area contributed by atoms with Crippen LogP contribution >= 0.6 is 15.9 Å². The lowest BCUT2D eigenvalue weighted by Gasteiger charge is -2.05. The molecule has 130 valence electrons. The summed E-state index contributed by atoms with van der Waals surface area (Å²) in [4.78, 5) is 23.5. The van der Waals surface area contributed by atoms with Crippen molar-refractivity contribution in [2.24, 2.45) is 5.10 Å². The number of anilines is 1. The van der Waals surface area contributed by atoms with Gasteiger partial charge < -0.3 is 10.4 Å². The molecule has 3 N–H and O–H groups in total. The maximum atomic E-state index is 11.8. The van der Waals surface area contributed by atoms with Crippen LogP contribution in [0.25, 0.3) is 0 Å². The highest BCUT2D eigenvalue weighted by atomic mass is 79.9. The van der Waals surface area contributed by atoms with Gasteiger partial charge in [0.15, 0.2) is 0 Å². The number of hydrogen-bond donors (Lipinski definition) is 3. The minimum absolute atomic E-state index is 0.0360. The van der Waals surface area contributed by atoms with Crippen molar-refractivity contribution in [1.29, 1.82) is 0 Å². The van der Waals surface area contributed by atoms with E-state index in [0.29, 0.717) is 15.7 Å². The SMILES string of the molecule is Cc1ccc(NC(=O)CCC(=O)NN=Cc2ccc(O)c(Br)c2)cc1. The van der Waals surface area contributed by atoms with E-state index in [1.54, 1.807) is 12.1 Å². The number of carbonyl (C=O) groups is 2. The first-order valence-electron chi connectivity index (χ1n) is 7.61. The van der Waals surface area contributed by atoms with E-state index in [1.807, 2.05) is 31.2 Å². The van der Waals surface area contributed by atoms with Crippen LogP contribution in [0.15, 0.2) is 52.0 Å². The second kappa shape index (κ2) is 8.98. The molecule has 2 aromatic rings. The molecule has 2 aromatic carbocycles. The molecule has 25 heavy (non-hydrogen) atoms. The number of aromatic hydroxyl groups is 1. The molecular formula is C18H18BrN3O3. The normalized spacial score (nSPS) is 10.6. The highest BCUT2D eigenvalue weighted by molar-refractivity contribution is 9.10. The summed E-state index contributed by atoms with van der Waals surface area (Å²) >= 11 is 3.20. The third kappa shape index (κ3) is 6.39. The van der Waals surface area contributed by atoms with Gasteiger partial charge >= 0.3 is 0 Å². The van der Waals surface area contributed by atoms with E-state index in [9.17, 15) is 14.7 Å². The molecule has 2 rings (SSSR count). The van der Waals surface area contributed by atoms with Gasteiger partial charge in [0, 0.05) is 18.5 Å². The zero-order valence-electron chi connectivity index (χ0n) is 13.6. The Kier molecular flexibility index (Phi) is 6.71. The minimum Gasteiger partial charge on any atom is -0.507 e. The van der Waals surface area contributed by atoms with Gasteiger partial charge in [0.1, 0.15) is 5.75 Å². The summed E-state index contributed by atoms with van der Waals surface area (Å²) in [5.41, 5.74) is 4.88. The summed E-state index contributed by atoms with van der Waals surface area (Å²) in [5, 5.41) is 16.0. The van der Waals surface area contributed by atoms with Crippen molar-refractivity contribution in [1.82, 2.24) is 5.43 Å². The van der Waals surface area contributed by atoms with Gasteiger partial charge in [-0.15, -0.1) is 0 Å². The van der Waals surface area contributed by atoms with E-state index in [-0.39, 0.29) is 30.4 Å². The minimum atomic E-state index is -0.354. The number of carbonyl (C=O) groups excluding carboxylic acids is 2. The van der Waals surface area contributed by atoms with Gasteiger partial charge in [0.25, 0.3) is 0 Å². The fourth-order valence-electron chi connectivity index (χ4n) is 1.93. The number of halogens is 1. The topological polar surface area (TPSA) is 90.8 Å². The smallest absolute Gasteiger partial charge is 0.240 e. The van der Waals surface area contributed by atoms with E-state index in [4.69, 9.17) is 0 Å². The third-order valence-electron chi connectivity index (χ3n) is 3.29. The Hall–Kier alpha value is -2.67. The molecule has 0 aliphatic heterocycles. The molecule has 0 heterocycles. The Morgan fingerprint density at radius 1 is 1.12 bits per heavy atom. The van der Waals surface area contributed by atoms with Crippen LogP contribution in [0.4, 0.5) is 5.69 Å². The van der Waals surface area contributed by atoms with Crippen LogP contribution in [-0.2, 0) is 9.59 Å². The number of benzene rings is 2. The van der Waals surface area contributed by atoms with Crippen LogP contribution in [-0.4, -0.2) is 23.1 Å². The maximum Gasteiger partial charge on any atom is 0.240 e. The standard InChI is InChI=1S/C18H18BrN3O3/c1-12-2-5-14(6-3-12)21-17(24)8-9-18(25)22-20-11-13-4-7-16(23)15(19)10-13/h2-7,10-11,23H,8-9H2,1H3,(H,21,24)(H,22,25). The lowest BCUT2D eigenvalue weighted by Crippen LogP contribution is -2.20. The molecular weight excluding hydrogens is 386 g/mol. The molecule has 0 aliphatic carbocycles. The molecule has 0 radical (unpaired) electrons. The zero-order valence-corrected chi connectivity index (χ0v) is 15.2. The molecule has 0 unspecified atom stereocenters. The van der Waals surface area contributed by atoms with Crippen molar-refractivity contribution in [2.75, 3.05) is 5.32 Å². The summed E-state index contributed by atoms with van der Waals surface area (Å²) in [6.45, 7) is 1.97. The molecule has 0 bridgehead atoms. The van der Waals surface area contributed by atoms with Crippen LogP contribution in [0.2, 0.25) is 0 Å². The molecule has 6 nitrogen and oxygen atoms in total. The molecule has 0 aliphatic rings. The fraction of sp³-hybridized carbons (Fsp3) is 0.167. The predicted octanol–water partition coefficient (Wildman–Crippen LogP) is 3.33. The second-order valence-electron chi connectivity index (χ2n) is 5.42. The number of aryl methyl sites for hydroxylation is 1. The van der Waals surface area contributed by atoms with Crippen molar-refractivity contribution in [3.63, 3.8) is 0 Å². The first-order valence-corrected chi connectivity index (χ1v) is 8.40. The van der Waals surface area contributed by atoms with Gasteiger partial charge in [-0.3, -0.25) is 9.59 Å². The van der Waals surface area contributed by atoms with Crippen LogP contribution in [0.3, 0.4) is 0 Å². The van der Waals surface area contributed by atoms with Crippen molar-refractivity contribution >= 4 is 39.6 Å². The number of rotatable bonds is 6. The van der Waals surface area contributed by atoms with Crippen molar-refractivity contribution in [3.05, 3.63) is 58.1 Å². The summed E-state index contributed by atoms with van der Waals surface area (Å²) in [5.74, 6) is -0.459. The fourth-order valence-corrected chi connectivity index (χ4v) is 2.32. The quantitative estimate of drug-likeness (QED) is 0.510. The first kappa shape index (κ1) is 18.7.